The molecule has 0 heterocycles. The lowest BCUT2D eigenvalue weighted by atomic mass is 9.95. The second-order valence-electron chi connectivity index (χ2n) is 4.38. The van der Waals surface area contributed by atoms with Crippen LogP contribution < -0.4 is 10.5 Å². The van der Waals surface area contributed by atoms with Crippen LogP contribution in [-0.4, -0.2) is 17.8 Å². The zero-order valence-corrected chi connectivity index (χ0v) is 9.47. The highest BCUT2D eigenvalue weighted by Crippen LogP contribution is 2.32. The van der Waals surface area contributed by atoms with Crippen molar-refractivity contribution in [3.8, 4) is 11.5 Å². The Balaban J connectivity index is 3.25. The average molecular weight is 231 g/mol. The Morgan fingerprint density at radius 2 is 1.94 bits per heavy atom. The summed E-state index contributed by atoms with van der Waals surface area (Å²) in [5.41, 5.74) is 5.20. The summed E-state index contributed by atoms with van der Waals surface area (Å²) in [6.45, 7) is 3.42. The van der Waals surface area contributed by atoms with Gasteiger partial charge >= 0.3 is 0 Å². The van der Waals surface area contributed by atoms with Crippen molar-refractivity contribution in [3.63, 3.8) is 0 Å². The van der Waals surface area contributed by atoms with E-state index in [2.05, 4.69) is 0 Å². The highest BCUT2D eigenvalue weighted by atomic mass is 19.1. The predicted molar refractivity (Wildman–Crippen MR) is 56.5 cm³/mol. The molecule has 5 heteroatoms. The van der Waals surface area contributed by atoms with Gasteiger partial charge in [0.1, 0.15) is 0 Å². The zero-order chi connectivity index (χ0) is 12.5. The molecule has 1 rings (SSSR count). The van der Waals surface area contributed by atoms with Crippen molar-refractivity contribution < 1.29 is 18.6 Å². The summed E-state index contributed by atoms with van der Waals surface area (Å²) in [4.78, 5) is 0. The number of methoxy groups -OCH3 is 1. The molecule has 1 aromatic carbocycles. The fraction of sp³-hybridized carbons (Fsp3) is 0.455. The Kier molecular flexibility index (Phi) is 3.38. The summed E-state index contributed by atoms with van der Waals surface area (Å²) in [5.74, 6) is -3.31. The van der Waals surface area contributed by atoms with Crippen LogP contribution in [0.3, 0.4) is 0 Å². The third-order valence-corrected chi connectivity index (χ3v) is 2.09. The first-order chi connectivity index (χ1) is 7.26. The molecule has 90 valence electrons. The van der Waals surface area contributed by atoms with Gasteiger partial charge in [0, 0.05) is 5.54 Å². The molecule has 0 atom stereocenters. The molecule has 0 spiro atoms. The van der Waals surface area contributed by atoms with Gasteiger partial charge in [0.05, 0.1) is 7.11 Å². The number of benzene rings is 1. The van der Waals surface area contributed by atoms with Crippen LogP contribution in [0.15, 0.2) is 6.07 Å². The van der Waals surface area contributed by atoms with E-state index in [-0.39, 0.29) is 17.7 Å². The standard InChI is InChI=1S/C11H15F2NO2/c1-11(2,14)5-6-4-7(16-3)9(13)10(15)8(6)12/h4,15H,5,14H2,1-3H3. The normalized spacial score (nSPS) is 11.6. The second kappa shape index (κ2) is 4.25. The molecule has 0 aliphatic carbocycles. The molecule has 0 fully saturated rings. The third-order valence-electron chi connectivity index (χ3n) is 2.09. The van der Waals surface area contributed by atoms with Crippen molar-refractivity contribution in [1.29, 1.82) is 0 Å². The quantitative estimate of drug-likeness (QED) is 0.836. The minimum Gasteiger partial charge on any atom is -0.503 e. The van der Waals surface area contributed by atoms with Crippen molar-refractivity contribution in [3.05, 3.63) is 23.3 Å². The molecule has 0 aliphatic heterocycles. The smallest absolute Gasteiger partial charge is 0.209 e. The Bertz CT molecular complexity index is 400. The molecule has 0 amide bonds. The first-order valence-electron chi connectivity index (χ1n) is 4.79. The number of phenols is 1. The molecule has 0 unspecified atom stereocenters. The minimum absolute atomic E-state index is 0.128. The van der Waals surface area contributed by atoms with E-state index >= 15 is 0 Å². The molecule has 16 heavy (non-hydrogen) atoms. The topological polar surface area (TPSA) is 55.5 Å². The largest absolute Gasteiger partial charge is 0.503 e. The van der Waals surface area contributed by atoms with Gasteiger partial charge in [-0.2, -0.15) is 4.39 Å². The number of ether oxygens (including phenoxy) is 1. The van der Waals surface area contributed by atoms with Crippen molar-refractivity contribution in [2.45, 2.75) is 25.8 Å². The Morgan fingerprint density at radius 1 is 1.38 bits per heavy atom. The van der Waals surface area contributed by atoms with Crippen molar-refractivity contribution in [1.82, 2.24) is 0 Å². The molecule has 0 aliphatic rings. The van der Waals surface area contributed by atoms with E-state index in [1.165, 1.54) is 13.2 Å². The van der Waals surface area contributed by atoms with Gasteiger partial charge in [0.25, 0.3) is 0 Å². The number of halogens is 2. The Labute approximate surface area is 92.8 Å². The molecular weight excluding hydrogens is 216 g/mol. The molecule has 3 N–H and O–H groups in total. The summed E-state index contributed by atoms with van der Waals surface area (Å²) in [6.07, 6.45) is 0.170. The van der Waals surface area contributed by atoms with E-state index in [9.17, 15) is 13.9 Å². The van der Waals surface area contributed by atoms with E-state index in [0.717, 1.165) is 0 Å². The average Bonchev–Trinajstić information content (AvgIpc) is 2.17. The summed E-state index contributed by atoms with van der Waals surface area (Å²) < 4.78 is 31.4. The predicted octanol–water partition coefficient (Wildman–Crippen LogP) is 1.96. The highest BCUT2D eigenvalue weighted by molar-refractivity contribution is 5.41. The van der Waals surface area contributed by atoms with Crippen molar-refractivity contribution in [2.24, 2.45) is 5.73 Å². The molecular formula is C11H15F2NO2. The first kappa shape index (κ1) is 12.7. The number of hydrogen-bond donors (Lipinski definition) is 2. The van der Waals surface area contributed by atoms with Gasteiger partial charge in [-0.15, -0.1) is 0 Å². The van der Waals surface area contributed by atoms with E-state index in [1.54, 1.807) is 13.8 Å². The van der Waals surface area contributed by atoms with Crippen LogP contribution in [-0.2, 0) is 6.42 Å². The van der Waals surface area contributed by atoms with E-state index < -0.39 is 22.9 Å². The van der Waals surface area contributed by atoms with Gasteiger partial charge in [0.2, 0.25) is 5.82 Å². The van der Waals surface area contributed by atoms with E-state index in [4.69, 9.17) is 10.5 Å². The fourth-order valence-corrected chi connectivity index (χ4v) is 1.42. The second-order valence-corrected chi connectivity index (χ2v) is 4.38. The van der Waals surface area contributed by atoms with Gasteiger partial charge < -0.3 is 15.6 Å². The number of nitrogens with two attached hydrogens (primary N) is 1. The van der Waals surface area contributed by atoms with E-state index in [1.807, 2.05) is 0 Å². The third kappa shape index (κ3) is 2.61. The molecule has 1 aromatic rings. The van der Waals surface area contributed by atoms with Crippen LogP contribution in [0, 0.1) is 11.6 Å². The van der Waals surface area contributed by atoms with Crippen LogP contribution >= 0.6 is 0 Å². The lowest BCUT2D eigenvalue weighted by molar-refractivity contribution is 0.345. The maximum Gasteiger partial charge on any atom is 0.209 e. The summed E-state index contributed by atoms with van der Waals surface area (Å²) >= 11 is 0. The van der Waals surface area contributed by atoms with Crippen LogP contribution in [0.25, 0.3) is 0 Å². The SMILES string of the molecule is COc1cc(CC(C)(C)N)c(F)c(O)c1F. The van der Waals surface area contributed by atoms with Gasteiger partial charge in [-0.1, -0.05) is 0 Å². The van der Waals surface area contributed by atoms with Gasteiger partial charge in [0.15, 0.2) is 17.3 Å². The number of phenolic OH excluding ortho intramolecular Hbond substituents is 1. The van der Waals surface area contributed by atoms with Crippen molar-refractivity contribution in [2.75, 3.05) is 7.11 Å². The molecule has 3 nitrogen and oxygen atoms in total. The van der Waals surface area contributed by atoms with Crippen LogP contribution in [0.4, 0.5) is 8.78 Å². The summed E-state index contributed by atoms with van der Waals surface area (Å²) in [7, 11) is 1.24. The molecule has 0 saturated carbocycles. The summed E-state index contributed by atoms with van der Waals surface area (Å²) in [5, 5.41) is 9.23. The van der Waals surface area contributed by atoms with Crippen LogP contribution in [0.1, 0.15) is 19.4 Å². The Hall–Kier alpha value is -1.36. The lowest BCUT2D eigenvalue weighted by Gasteiger charge is -2.19. The molecule has 0 radical (unpaired) electrons. The Morgan fingerprint density at radius 3 is 2.38 bits per heavy atom. The minimum atomic E-state index is -1.10. The maximum absolute atomic E-state index is 13.5. The molecule has 0 bridgehead atoms. The molecule has 0 aromatic heterocycles. The first-order valence-corrected chi connectivity index (χ1v) is 4.79. The monoisotopic (exact) mass is 231 g/mol. The number of aromatic hydroxyl groups is 1. The van der Waals surface area contributed by atoms with Crippen LogP contribution in [0.5, 0.6) is 11.5 Å². The van der Waals surface area contributed by atoms with Gasteiger partial charge in [-0.05, 0) is 31.9 Å². The summed E-state index contributed by atoms with van der Waals surface area (Å²) in [6, 6.07) is 1.21. The van der Waals surface area contributed by atoms with Gasteiger partial charge in [-0.3, -0.25) is 0 Å². The van der Waals surface area contributed by atoms with Crippen LogP contribution in [0.2, 0.25) is 0 Å². The van der Waals surface area contributed by atoms with Gasteiger partial charge in [-0.25, -0.2) is 4.39 Å². The fourth-order valence-electron chi connectivity index (χ4n) is 1.42. The lowest BCUT2D eigenvalue weighted by Crippen LogP contribution is -2.34. The van der Waals surface area contributed by atoms with Crippen molar-refractivity contribution >= 4 is 0 Å². The molecule has 0 saturated heterocycles. The maximum atomic E-state index is 13.5. The number of hydrogen-bond acceptors (Lipinski definition) is 3. The highest BCUT2D eigenvalue weighted by Gasteiger charge is 2.22. The van der Waals surface area contributed by atoms with E-state index in [0.29, 0.717) is 0 Å². The zero-order valence-electron chi connectivity index (χ0n) is 9.47. The number of rotatable bonds is 3.